The van der Waals surface area contributed by atoms with Crippen LogP contribution in [0.3, 0.4) is 0 Å². The highest BCUT2D eigenvalue weighted by molar-refractivity contribution is 5.21. The summed E-state index contributed by atoms with van der Waals surface area (Å²) in [6.07, 6.45) is 0.712. The van der Waals surface area contributed by atoms with E-state index in [1.165, 1.54) is 5.56 Å². The van der Waals surface area contributed by atoms with Crippen LogP contribution in [0.5, 0.6) is 0 Å². The Labute approximate surface area is 85.2 Å². The fourth-order valence-corrected chi connectivity index (χ4v) is 2.13. The number of piperidine rings is 1. The molecule has 1 aromatic carbocycles. The fraction of sp³-hybridized carbons (Fsp3) is 0.500. The summed E-state index contributed by atoms with van der Waals surface area (Å²) in [7, 11) is 2.11. The first-order valence-electron chi connectivity index (χ1n) is 5.19. The Balaban J connectivity index is 2.16. The zero-order chi connectivity index (χ0) is 9.97. The number of aliphatic hydroxyl groups is 1. The molecule has 1 saturated heterocycles. The molecule has 2 heteroatoms. The van der Waals surface area contributed by atoms with Crippen molar-refractivity contribution >= 4 is 0 Å². The van der Waals surface area contributed by atoms with Crippen molar-refractivity contribution < 1.29 is 5.11 Å². The zero-order valence-corrected chi connectivity index (χ0v) is 8.56. The highest BCUT2D eigenvalue weighted by Gasteiger charge is 2.26. The molecule has 2 atom stereocenters. The topological polar surface area (TPSA) is 23.5 Å². The minimum atomic E-state index is -0.173. The molecule has 1 N–H and O–H groups in total. The molecule has 0 saturated carbocycles. The number of likely N-dealkylation sites (tertiary alicyclic amines) is 1. The van der Waals surface area contributed by atoms with E-state index >= 15 is 0 Å². The van der Waals surface area contributed by atoms with Gasteiger partial charge in [-0.1, -0.05) is 30.3 Å². The van der Waals surface area contributed by atoms with Crippen molar-refractivity contribution in [3.8, 4) is 0 Å². The van der Waals surface area contributed by atoms with Gasteiger partial charge in [0.1, 0.15) is 0 Å². The number of hydrogen-bond donors (Lipinski definition) is 1. The molecule has 0 radical (unpaired) electrons. The summed E-state index contributed by atoms with van der Waals surface area (Å²) in [4.78, 5) is 2.28. The molecule has 2 rings (SSSR count). The number of nitrogens with zero attached hydrogens (tertiary/aromatic N) is 1. The van der Waals surface area contributed by atoms with E-state index in [-0.39, 0.29) is 12.0 Å². The van der Waals surface area contributed by atoms with Crippen LogP contribution in [0.2, 0.25) is 0 Å². The third-order valence-corrected chi connectivity index (χ3v) is 3.01. The van der Waals surface area contributed by atoms with E-state index in [4.69, 9.17) is 0 Å². The molecule has 0 amide bonds. The molecule has 0 aromatic heterocycles. The molecular weight excluding hydrogens is 174 g/mol. The lowest BCUT2D eigenvalue weighted by Gasteiger charge is -2.34. The summed E-state index contributed by atoms with van der Waals surface area (Å²) in [6.45, 7) is 1.97. The van der Waals surface area contributed by atoms with Gasteiger partial charge in [0.05, 0.1) is 6.10 Å². The van der Waals surface area contributed by atoms with Crippen molar-refractivity contribution in [3.05, 3.63) is 35.9 Å². The van der Waals surface area contributed by atoms with Crippen LogP contribution in [-0.2, 0) is 0 Å². The second-order valence-corrected chi connectivity index (χ2v) is 4.14. The molecule has 1 aliphatic rings. The van der Waals surface area contributed by atoms with Crippen LogP contribution in [0.15, 0.2) is 30.3 Å². The maximum Gasteiger partial charge on any atom is 0.0633 e. The Bertz CT molecular complexity index is 286. The van der Waals surface area contributed by atoms with Gasteiger partial charge < -0.3 is 10.0 Å². The summed E-state index contributed by atoms with van der Waals surface area (Å²) < 4.78 is 0. The molecule has 76 valence electrons. The lowest BCUT2D eigenvalue weighted by atomic mass is 9.88. The summed E-state index contributed by atoms with van der Waals surface area (Å²) >= 11 is 0. The van der Waals surface area contributed by atoms with Crippen molar-refractivity contribution in [3.63, 3.8) is 0 Å². The smallest absolute Gasteiger partial charge is 0.0633 e. The van der Waals surface area contributed by atoms with Gasteiger partial charge in [-0.05, 0) is 19.0 Å². The van der Waals surface area contributed by atoms with Gasteiger partial charge in [-0.3, -0.25) is 0 Å². The van der Waals surface area contributed by atoms with Gasteiger partial charge >= 0.3 is 0 Å². The Kier molecular flexibility index (Phi) is 2.85. The minimum Gasteiger partial charge on any atom is -0.392 e. The van der Waals surface area contributed by atoms with Crippen molar-refractivity contribution in [1.82, 2.24) is 4.90 Å². The van der Waals surface area contributed by atoms with Crippen molar-refractivity contribution in [2.75, 3.05) is 20.1 Å². The predicted molar refractivity (Wildman–Crippen MR) is 57.3 cm³/mol. The molecule has 1 heterocycles. The SMILES string of the molecule is CN1CCC(O)C(c2ccccc2)C1. The Hall–Kier alpha value is -0.860. The van der Waals surface area contributed by atoms with E-state index < -0.39 is 0 Å². The summed E-state index contributed by atoms with van der Waals surface area (Å²) in [5.74, 6) is 0.287. The first-order chi connectivity index (χ1) is 6.77. The van der Waals surface area contributed by atoms with E-state index in [0.29, 0.717) is 0 Å². The monoisotopic (exact) mass is 191 g/mol. The minimum absolute atomic E-state index is 0.173. The van der Waals surface area contributed by atoms with Gasteiger partial charge in [0.2, 0.25) is 0 Å². The Morgan fingerprint density at radius 3 is 2.71 bits per heavy atom. The predicted octanol–water partition coefficient (Wildman–Crippen LogP) is 1.47. The van der Waals surface area contributed by atoms with Crippen molar-refractivity contribution in [1.29, 1.82) is 0 Å². The fourth-order valence-electron chi connectivity index (χ4n) is 2.13. The standard InChI is InChI=1S/C12H17NO/c1-13-8-7-12(14)11(9-13)10-5-3-2-4-6-10/h2-6,11-12,14H,7-9H2,1H3. The average Bonchev–Trinajstić information content (AvgIpc) is 2.23. The maximum absolute atomic E-state index is 9.91. The number of rotatable bonds is 1. The molecule has 2 unspecified atom stereocenters. The molecule has 1 fully saturated rings. The number of benzene rings is 1. The quantitative estimate of drug-likeness (QED) is 0.726. The number of hydrogen-bond acceptors (Lipinski definition) is 2. The van der Waals surface area contributed by atoms with E-state index in [0.717, 1.165) is 19.5 Å². The van der Waals surface area contributed by atoms with Crippen molar-refractivity contribution in [2.24, 2.45) is 0 Å². The summed E-state index contributed by atoms with van der Waals surface area (Å²) in [5, 5.41) is 9.91. The first kappa shape index (κ1) is 9.69. The van der Waals surface area contributed by atoms with Crippen LogP contribution in [0.4, 0.5) is 0 Å². The summed E-state index contributed by atoms with van der Waals surface area (Å²) in [6, 6.07) is 10.3. The highest BCUT2D eigenvalue weighted by Crippen LogP contribution is 2.26. The first-order valence-corrected chi connectivity index (χ1v) is 5.19. The molecule has 1 aromatic rings. The zero-order valence-electron chi connectivity index (χ0n) is 8.56. The van der Waals surface area contributed by atoms with Gasteiger partial charge in [0.15, 0.2) is 0 Å². The molecule has 1 aliphatic heterocycles. The normalized spacial score (nSPS) is 29.0. The molecule has 2 nitrogen and oxygen atoms in total. The third kappa shape index (κ3) is 1.97. The van der Waals surface area contributed by atoms with E-state index in [9.17, 15) is 5.11 Å². The highest BCUT2D eigenvalue weighted by atomic mass is 16.3. The Morgan fingerprint density at radius 1 is 1.29 bits per heavy atom. The van der Waals surface area contributed by atoms with Gasteiger partial charge in [-0.2, -0.15) is 0 Å². The van der Waals surface area contributed by atoms with Crippen LogP contribution >= 0.6 is 0 Å². The van der Waals surface area contributed by atoms with Crippen LogP contribution in [-0.4, -0.2) is 36.2 Å². The second-order valence-electron chi connectivity index (χ2n) is 4.14. The van der Waals surface area contributed by atoms with Gasteiger partial charge in [0.25, 0.3) is 0 Å². The molecule has 0 aliphatic carbocycles. The number of aliphatic hydroxyl groups excluding tert-OH is 1. The van der Waals surface area contributed by atoms with E-state index in [1.807, 2.05) is 18.2 Å². The van der Waals surface area contributed by atoms with Crippen LogP contribution < -0.4 is 0 Å². The lowest BCUT2D eigenvalue weighted by Crippen LogP contribution is -2.39. The molecule has 0 bridgehead atoms. The molecule has 0 spiro atoms. The van der Waals surface area contributed by atoms with Gasteiger partial charge in [-0.15, -0.1) is 0 Å². The van der Waals surface area contributed by atoms with Crippen molar-refractivity contribution in [2.45, 2.75) is 18.4 Å². The Morgan fingerprint density at radius 2 is 2.00 bits per heavy atom. The summed E-state index contributed by atoms with van der Waals surface area (Å²) in [5.41, 5.74) is 1.26. The van der Waals surface area contributed by atoms with Crippen LogP contribution in [0, 0.1) is 0 Å². The van der Waals surface area contributed by atoms with E-state index in [2.05, 4.69) is 24.1 Å². The number of likely N-dealkylation sites (N-methyl/N-ethyl adjacent to an activating group) is 1. The molecule has 14 heavy (non-hydrogen) atoms. The third-order valence-electron chi connectivity index (χ3n) is 3.01. The van der Waals surface area contributed by atoms with Crippen LogP contribution in [0.25, 0.3) is 0 Å². The van der Waals surface area contributed by atoms with Gasteiger partial charge in [-0.25, -0.2) is 0 Å². The van der Waals surface area contributed by atoms with Crippen LogP contribution in [0.1, 0.15) is 17.9 Å². The lowest BCUT2D eigenvalue weighted by molar-refractivity contribution is 0.0709. The van der Waals surface area contributed by atoms with E-state index in [1.54, 1.807) is 0 Å². The average molecular weight is 191 g/mol. The second kappa shape index (κ2) is 4.11. The largest absolute Gasteiger partial charge is 0.392 e. The molecular formula is C12H17NO. The maximum atomic E-state index is 9.91. The van der Waals surface area contributed by atoms with Gasteiger partial charge in [0, 0.05) is 19.0 Å².